The van der Waals surface area contributed by atoms with E-state index >= 15 is 0 Å². The van der Waals surface area contributed by atoms with Crippen LogP contribution in [0.1, 0.15) is 0 Å². The molecule has 0 unspecified atom stereocenters. The van der Waals surface area contributed by atoms with Gasteiger partial charge in [-0.2, -0.15) is 0 Å². The molecule has 0 spiro atoms. The molecule has 0 saturated carbocycles. The molecule has 0 bridgehead atoms. The first-order valence-corrected chi connectivity index (χ1v) is 22.7. The maximum atomic E-state index is 2.49. The third-order valence-electron chi connectivity index (χ3n) is 13.0. The summed E-state index contributed by atoms with van der Waals surface area (Å²) in [6.45, 7) is 0. The summed E-state index contributed by atoms with van der Waals surface area (Å²) in [5.74, 6) is 0. The Bertz CT molecular complexity index is 3670. The fourth-order valence-electron chi connectivity index (χ4n) is 9.85. The van der Waals surface area contributed by atoms with Gasteiger partial charge in [-0.15, -0.1) is 0 Å². The molecule has 0 N–H and O–H groups in total. The molecule has 0 amide bonds. The average molecular weight is 841 g/mol. The molecule has 12 aromatic rings. The lowest BCUT2D eigenvalue weighted by molar-refractivity contribution is 1.18. The topological polar surface area (TPSA) is 8.17 Å². The van der Waals surface area contributed by atoms with Crippen LogP contribution in [0.25, 0.3) is 93.9 Å². The summed E-state index contributed by atoms with van der Waals surface area (Å²) >= 11 is 0. The summed E-state index contributed by atoms with van der Waals surface area (Å²) in [5.41, 5.74) is 18.3. The van der Waals surface area contributed by atoms with Crippen molar-refractivity contribution in [2.45, 2.75) is 0 Å². The molecule has 1 aromatic heterocycles. The lowest BCUT2D eigenvalue weighted by atomic mass is 9.90. The summed E-state index contributed by atoms with van der Waals surface area (Å²) in [5, 5.41) is 4.96. The van der Waals surface area contributed by atoms with Gasteiger partial charge in [-0.1, -0.05) is 212 Å². The number of fused-ring (bicyclic) bond motifs is 4. The van der Waals surface area contributed by atoms with Gasteiger partial charge in [0.15, 0.2) is 0 Å². The van der Waals surface area contributed by atoms with Gasteiger partial charge in [0.1, 0.15) is 0 Å². The fraction of sp³-hybridized carbons (Fsp3) is 0. The van der Waals surface area contributed by atoms with Gasteiger partial charge in [-0.05, 0) is 110 Å². The molecule has 2 nitrogen and oxygen atoms in total. The molecule has 0 aliphatic heterocycles. The number of hydrogen-bond acceptors (Lipinski definition) is 1. The Kier molecular flexibility index (Phi) is 9.89. The molecule has 0 radical (unpaired) electrons. The zero-order valence-electron chi connectivity index (χ0n) is 36.3. The monoisotopic (exact) mass is 840 g/mol. The molecule has 66 heavy (non-hydrogen) atoms. The van der Waals surface area contributed by atoms with Crippen LogP contribution in [0.15, 0.2) is 267 Å². The second kappa shape index (κ2) is 16.8. The fourth-order valence-corrected chi connectivity index (χ4v) is 9.85. The molecule has 2 heteroatoms. The van der Waals surface area contributed by atoms with Crippen LogP contribution < -0.4 is 4.90 Å². The van der Waals surface area contributed by atoms with Gasteiger partial charge in [0.2, 0.25) is 0 Å². The number of benzene rings is 11. The maximum absolute atomic E-state index is 2.49. The van der Waals surface area contributed by atoms with Crippen LogP contribution in [0, 0.1) is 0 Å². The van der Waals surface area contributed by atoms with Gasteiger partial charge in [0, 0.05) is 33.3 Å². The number of nitrogens with zero attached hydrogens (tertiary/aromatic N) is 2. The first kappa shape index (κ1) is 38.9. The number of anilines is 3. The molecular formula is C64H44N2. The number of aromatic nitrogens is 1. The van der Waals surface area contributed by atoms with Crippen molar-refractivity contribution in [2.24, 2.45) is 0 Å². The summed E-state index contributed by atoms with van der Waals surface area (Å²) in [6.07, 6.45) is 0. The van der Waals surface area contributed by atoms with Crippen LogP contribution >= 0.6 is 0 Å². The van der Waals surface area contributed by atoms with Gasteiger partial charge in [0.25, 0.3) is 0 Å². The van der Waals surface area contributed by atoms with Gasteiger partial charge >= 0.3 is 0 Å². The number of hydrogen-bond donors (Lipinski definition) is 0. The highest BCUT2D eigenvalue weighted by Gasteiger charge is 2.25. The first-order chi connectivity index (χ1) is 32.7. The van der Waals surface area contributed by atoms with E-state index in [0.29, 0.717) is 0 Å². The quantitative estimate of drug-likeness (QED) is 0.141. The maximum Gasteiger partial charge on any atom is 0.0547 e. The van der Waals surface area contributed by atoms with Crippen LogP contribution in [0.4, 0.5) is 17.1 Å². The van der Waals surface area contributed by atoms with Gasteiger partial charge in [-0.3, -0.25) is 0 Å². The SMILES string of the molecule is c1ccc(-c2ccc(N(c3cc(-c4ccccc4)ccc3-c3ccccc3)c3cccc(-c4ccccc4)c3-c3cccc(-n4c5ccccc5c5cc6ccccc6cc54)c3)cc2)cc1. The predicted molar refractivity (Wildman–Crippen MR) is 280 cm³/mol. The van der Waals surface area contributed by atoms with E-state index in [4.69, 9.17) is 0 Å². The van der Waals surface area contributed by atoms with Crippen LogP contribution in [0.5, 0.6) is 0 Å². The minimum absolute atomic E-state index is 1.06. The molecule has 0 atom stereocenters. The van der Waals surface area contributed by atoms with Crippen LogP contribution in [-0.2, 0) is 0 Å². The molecule has 310 valence electrons. The second-order valence-electron chi connectivity index (χ2n) is 16.9. The summed E-state index contributed by atoms with van der Waals surface area (Å²) in [4.78, 5) is 2.49. The Morgan fingerprint density at radius 1 is 0.273 bits per heavy atom. The zero-order valence-corrected chi connectivity index (χ0v) is 36.3. The average Bonchev–Trinajstić information content (AvgIpc) is 3.72. The Labute approximate surface area is 385 Å². The summed E-state index contributed by atoms with van der Waals surface area (Å²) in [7, 11) is 0. The van der Waals surface area contributed by atoms with Crippen LogP contribution in [0.2, 0.25) is 0 Å². The zero-order chi connectivity index (χ0) is 43.8. The third-order valence-corrected chi connectivity index (χ3v) is 13.0. The largest absolute Gasteiger partial charge is 0.309 e. The van der Waals surface area contributed by atoms with Crippen molar-refractivity contribution in [3.8, 4) is 61.3 Å². The van der Waals surface area contributed by atoms with Gasteiger partial charge in [0.05, 0.1) is 22.4 Å². The van der Waals surface area contributed by atoms with Crippen molar-refractivity contribution < 1.29 is 0 Å². The lowest BCUT2D eigenvalue weighted by Gasteiger charge is -2.31. The molecule has 0 aliphatic carbocycles. The van der Waals surface area contributed by atoms with E-state index in [-0.39, 0.29) is 0 Å². The molecule has 0 aliphatic rings. The third kappa shape index (κ3) is 7.02. The van der Waals surface area contributed by atoms with E-state index in [0.717, 1.165) is 61.7 Å². The van der Waals surface area contributed by atoms with E-state index in [1.54, 1.807) is 0 Å². The highest BCUT2D eigenvalue weighted by Crippen LogP contribution is 2.49. The van der Waals surface area contributed by atoms with E-state index in [2.05, 4.69) is 276 Å². The Hall–Kier alpha value is -8.72. The highest BCUT2D eigenvalue weighted by molar-refractivity contribution is 6.14. The molecular weight excluding hydrogens is 797 g/mol. The van der Waals surface area contributed by atoms with Crippen molar-refractivity contribution >= 4 is 49.6 Å². The highest BCUT2D eigenvalue weighted by atomic mass is 15.1. The first-order valence-electron chi connectivity index (χ1n) is 22.7. The van der Waals surface area contributed by atoms with Gasteiger partial charge in [-0.25, -0.2) is 0 Å². The van der Waals surface area contributed by atoms with Crippen molar-refractivity contribution in [3.63, 3.8) is 0 Å². The van der Waals surface area contributed by atoms with E-state index in [1.165, 1.54) is 49.3 Å². The summed E-state index contributed by atoms with van der Waals surface area (Å²) < 4.78 is 2.45. The minimum atomic E-state index is 1.06. The van der Waals surface area contributed by atoms with Gasteiger partial charge < -0.3 is 9.47 Å². The number of para-hydroxylation sites is 1. The molecule has 1 heterocycles. The smallest absolute Gasteiger partial charge is 0.0547 e. The molecule has 0 fully saturated rings. The molecule has 12 rings (SSSR count). The van der Waals surface area contributed by atoms with E-state index < -0.39 is 0 Å². The van der Waals surface area contributed by atoms with E-state index in [9.17, 15) is 0 Å². The summed E-state index contributed by atoms with van der Waals surface area (Å²) in [6, 6.07) is 97.2. The Morgan fingerprint density at radius 2 is 0.803 bits per heavy atom. The predicted octanol–water partition coefficient (Wildman–Crippen LogP) is 17.7. The second-order valence-corrected chi connectivity index (χ2v) is 16.9. The van der Waals surface area contributed by atoms with Crippen molar-refractivity contribution in [3.05, 3.63) is 267 Å². The van der Waals surface area contributed by atoms with Crippen molar-refractivity contribution in [2.75, 3.05) is 4.90 Å². The normalized spacial score (nSPS) is 11.3. The Morgan fingerprint density at radius 3 is 1.50 bits per heavy atom. The van der Waals surface area contributed by atoms with Crippen molar-refractivity contribution in [1.82, 2.24) is 4.57 Å². The lowest BCUT2D eigenvalue weighted by Crippen LogP contribution is -2.13. The Balaban J connectivity index is 1.14. The van der Waals surface area contributed by atoms with Crippen molar-refractivity contribution in [1.29, 1.82) is 0 Å². The molecule has 11 aromatic carbocycles. The standard InChI is InChI=1S/C64H44N2/c1-5-19-45(20-6-1)47-35-38-54(39-36-47)65(62-44-52(46-21-7-2-8-22-46)37-40-56(62)48-23-9-3-10-24-48)61-34-18-32-57(49-25-11-4-12-26-49)64(61)53-29-17-30-55(41-53)66-60-33-16-15-31-58(60)59-42-50-27-13-14-28-51(50)43-63(59)66/h1-44H. The number of rotatable bonds is 9. The van der Waals surface area contributed by atoms with Crippen LogP contribution in [0.3, 0.4) is 0 Å². The minimum Gasteiger partial charge on any atom is -0.309 e. The van der Waals surface area contributed by atoms with E-state index in [1.807, 2.05) is 0 Å². The van der Waals surface area contributed by atoms with Crippen LogP contribution in [-0.4, -0.2) is 4.57 Å². The molecule has 0 saturated heterocycles.